The molecule has 0 saturated heterocycles. The number of thiocarbonyl (C=S) groups is 1. The van der Waals surface area contributed by atoms with Crippen molar-refractivity contribution in [2.45, 2.75) is 24.9 Å². The molecule has 2 fully saturated rings. The lowest BCUT2D eigenvalue weighted by atomic mass is 9.54. The topological polar surface area (TPSA) is 190 Å². The van der Waals surface area contributed by atoms with Crippen LogP contribution < -0.4 is 16.8 Å². The molecule has 1 aromatic rings. The van der Waals surface area contributed by atoms with Crippen LogP contribution in [0.1, 0.15) is 28.8 Å². The maximum absolute atomic E-state index is 13.3. The third-order valence-corrected chi connectivity index (χ3v) is 6.65. The zero-order chi connectivity index (χ0) is 22.8. The molecule has 7 N–H and O–H groups in total. The maximum Gasteiger partial charge on any atom is 0.235 e. The molecular formula is C20H19N3O7S. The third-order valence-electron chi connectivity index (χ3n) is 6.54. The van der Waals surface area contributed by atoms with Gasteiger partial charge in [0.1, 0.15) is 5.75 Å². The van der Waals surface area contributed by atoms with Crippen LogP contribution in [0.4, 0.5) is 5.69 Å². The number of aliphatic hydroxyl groups is 1. The number of benzene rings is 1. The Bertz CT molecular complexity index is 1100. The third kappa shape index (κ3) is 2.87. The van der Waals surface area contributed by atoms with Crippen molar-refractivity contribution >= 4 is 52.1 Å². The molecule has 3 aliphatic carbocycles. The Hall–Kier alpha value is -3.18. The molecule has 4 rings (SSSR count). The normalized spacial score (nSPS) is 32.0. The quantitative estimate of drug-likeness (QED) is 0.214. The van der Waals surface area contributed by atoms with E-state index >= 15 is 0 Å². The fraction of sp³-hybridized carbons (Fsp3) is 0.400. The molecule has 0 aliphatic heterocycles. The molecule has 0 radical (unpaired) electrons. The Morgan fingerprint density at radius 3 is 2.42 bits per heavy atom. The number of Topliss-reactive ketones (excluding diaryl/α,β-unsaturated/α-hetero) is 4. The number of phenolic OH excluding ortho intramolecular Hbond substituents is 1. The summed E-state index contributed by atoms with van der Waals surface area (Å²) in [5.74, 6) is -10.5. The van der Waals surface area contributed by atoms with Gasteiger partial charge in [-0.3, -0.25) is 24.0 Å². The number of primary amides is 1. The Morgan fingerprint density at radius 1 is 1.13 bits per heavy atom. The minimum Gasteiger partial charge on any atom is -0.507 e. The second-order valence-electron chi connectivity index (χ2n) is 8.21. The largest absolute Gasteiger partial charge is 0.507 e. The van der Waals surface area contributed by atoms with Crippen LogP contribution in [0.5, 0.6) is 5.75 Å². The predicted octanol–water partition coefficient (Wildman–Crippen LogP) is -1.02. The molecule has 1 amide bonds. The number of phenols is 1. The van der Waals surface area contributed by atoms with Gasteiger partial charge in [-0.2, -0.15) is 0 Å². The van der Waals surface area contributed by atoms with E-state index in [1.54, 1.807) is 0 Å². The van der Waals surface area contributed by atoms with Crippen LogP contribution in [0, 0.1) is 23.7 Å². The molecule has 5 atom stereocenters. The summed E-state index contributed by atoms with van der Waals surface area (Å²) in [4.78, 5) is 63.3. The highest BCUT2D eigenvalue weighted by atomic mass is 32.1. The SMILES string of the molecule is NC(=O)C1C(=O)CC2CC3Cc4c(NC(N)=S)ccc(O)c4C(=O)C3C(=O)[C@]2(O)C1=O. The summed E-state index contributed by atoms with van der Waals surface area (Å²) >= 11 is 4.85. The highest BCUT2D eigenvalue weighted by molar-refractivity contribution is 7.80. The lowest BCUT2D eigenvalue weighted by Crippen LogP contribution is -2.68. The van der Waals surface area contributed by atoms with Crippen molar-refractivity contribution in [3.05, 3.63) is 23.3 Å². The first-order valence-corrected chi connectivity index (χ1v) is 9.97. The standard InChI is InChI=1S/C20H19N3O7S/c21-18(29)14-11(25)5-7-3-6-4-8-9(23-19(22)31)1-2-10(24)13(8)15(26)12(6)16(27)20(7,30)17(14)28/h1-2,6-7,12,14,24,30H,3-5H2,(H2,21,29)(H3,22,23,31)/t6?,7?,12?,14?,20-/m0/s1. The van der Waals surface area contributed by atoms with Crippen LogP contribution in [0.25, 0.3) is 0 Å². The number of nitrogens with one attached hydrogen (secondary N) is 1. The molecule has 0 aromatic heterocycles. The number of ketones is 4. The number of hydrogen-bond acceptors (Lipinski definition) is 8. The summed E-state index contributed by atoms with van der Waals surface area (Å²) < 4.78 is 0. The van der Waals surface area contributed by atoms with Crippen LogP contribution in [0.15, 0.2) is 12.1 Å². The van der Waals surface area contributed by atoms with E-state index in [0.29, 0.717) is 11.3 Å². The van der Waals surface area contributed by atoms with Gasteiger partial charge >= 0.3 is 0 Å². The Labute approximate surface area is 181 Å². The van der Waals surface area contributed by atoms with Gasteiger partial charge in [-0.25, -0.2) is 0 Å². The number of amides is 1. The predicted molar refractivity (Wildman–Crippen MR) is 109 cm³/mol. The van der Waals surface area contributed by atoms with E-state index in [1.165, 1.54) is 12.1 Å². The van der Waals surface area contributed by atoms with Gasteiger partial charge in [-0.15, -0.1) is 0 Å². The Kier molecular flexibility index (Phi) is 4.70. The fourth-order valence-electron chi connectivity index (χ4n) is 5.22. The van der Waals surface area contributed by atoms with Crippen LogP contribution in [-0.2, 0) is 25.6 Å². The van der Waals surface area contributed by atoms with Crippen molar-refractivity contribution < 1.29 is 34.2 Å². The van der Waals surface area contributed by atoms with Crippen molar-refractivity contribution in [1.29, 1.82) is 0 Å². The first kappa shape index (κ1) is 21.1. The molecule has 3 aliphatic rings. The number of rotatable bonds is 2. The molecule has 0 bridgehead atoms. The molecular weight excluding hydrogens is 426 g/mol. The molecule has 11 heteroatoms. The zero-order valence-electron chi connectivity index (χ0n) is 16.1. The lowest BCUT2D eigenvalue weighted by molar-refractivity contribution is -0.175. The van der Waals surface area contributed by atoms with Crippen molar-refractivity contribution in [3.63, 3.8) is 0 Å². The maximum atomic E-state index is 13.3. The number of fused-ring (bicyclic) bond motifs is 3. The van der Waals surface area contributed by atoms with Gasteiger partial charge in [-0.05, 0) is 48.7 Å². The Balaban J connectivity index is 1.81. The van der Waals surface area contributed by atoms with Gasteiger partial charge < -0.3 is 27.0 Å². The van der Waals surface area contributed by atoms with E-state index in [2.05, 4.69) is 5.32 Å². The van der Waals surface area contributed by atoms with Crippen molar-refractivity contribution in [2.24, 2.45) is 35.1 Å². The van der Waals surface area contributed by atoms with E-state index in [4.69, 9.17) is 23.7 Å². The minimum atomic E-state index is -2.66. The number of hydrogen-bond donors (Lipinski definition) is 5. The zero-order valence-corrected chi connectivity index (χ0v) is 16.9. The monoisotopic (exact) mass is 445 g/mol. The van der Waals surface area contributed by atoms with E-state index in [9.17, 15) is 34.2 Å². The van der Waals surface area contributed by atoms with Crippen molar-refractivity contribution in [1.82, 2.24) is 0 Å². The highest BCUT2D eigenvalue weighted by Crippen LogP contribution is 2.50. The average molecular weight is 445 g/mol. The first-order chi connectivity index (χ1) is 14.5. The number of anilines is 1. The van der Waals surface area contributed by atoms with Gasteiger partial charge in [0.2, 0.25) is 5.91 Å². The highest BCUT2D eigenvalue weighted by Gasteiger charge is 2.66. The second kappa shape index (κ2) is 6.92. The summed E-state index contributed by atoms with van der Waals surface area (Å²) in [7, 11) is 0. The number of nitrogens with two attached hydrogens (primary N) is 2. The van der Waals surface area contributed by atoms with Crippen LogP contribution in [-0.4, -0.2) is 50.0 Å². The van der Waals surface area contributed by atoms with E-state index in [1.807, 2.05) is 0 Å². The summed E-state index contributed by atoms with van der Waals surface area (Å²) in [6.45, 7) is 0. The van der Waals surface area contributed by atoms with Gasteiger partial charge in [0.05, 0.1) is 11.5 Å². The number of carbonyl (C=O) groups excluding carboxylic acids is 5. The average Bonchev–Trinajstić information content (AvgIpc) is 2.66. The van der Waals surface area contributed by atoms with Gasteiger partial charge in [-0.1, -0.05) is 0 Å². The van der Waals surface area contributed by atoms with Crippen molar-refractivity contribution in [2.75, 3.05) is 5.32 Å². The Morgan fingerprint density at radius 2 is 1.81 bits per heavy atom. The molecule has 1 aromatic carbocycles. The summed E-state index contributed by atoms with van der Waals surface area (Å²) in [6.07, 6.45) is -0.224. The molecule has 162 valence electrons. The fourth-order valence-corrected chi connectivity index (χ4v) is 5.33. The lowest BCUT2D eigenvalue weighted by Gasteiger charge is -2.48. The van der Waals surface area contributed by atoms with Crippen LogP contribution >= 0.6 is 12.2 Å². The van der Waals surface area contributed by atoms with E-state index in [0.717, 1.165) is 0 Å². The summed E-state index contributed by atoms with van der Waals surface area (Å²) in [5, 5.41) is 24.1. The smallest absolute Gasteiger partial charge is 0.235 e. The van der Waals surface area contributed by atoms with Crippen molar-refractivity contribution in [3.8, 4) is 5.75 Å². The van der Waals surface area contributed by atoms with Gasteiger partial charge in [0, 0.05) is 18.0 Å². The van der Waals surface area contributed by atoms with E-state index in [-0.39, 0.29) is 35.7 Å². The summed E-state index contributed by atoms with van der Waals surface area (Å²) in [5.41, 5.74) is 8.69. The van der Waals surface area contributed by atoms with Crippen LogP contribution in [0.2, 0.25) is 0 Å². The summed E-state index contributed by atoms with van der Waals surface area (Å²) in [6, 6.07) is 2.74. The molecule has 31 heavy (non-hydrogen) atoms. The van der Waals surface area contributed by atoms with Gasteiger partial charge in [0.25, 0.3) is 0 Å². The van der Waals surface area contributed by atoms with Gasteiger partial charge in [0.15, 0.2) is 39.8 Å². The van der Waals surface area contributed by atoms with Crippen LogP contribution in [0.3, 0.4) is 0 Å². The molecule has 10 nitrogen and oxygen atoms in total. The molecule has 2 saturated carbocycles. The van der Waals surface area contributed by atoms with E-state index < -0.39 is 58.3 Å². The number of aromatic hydroxyl groups is 1. The second-order valence-corrected chi connectivity index (χ2v) is 8.65. The minimum absolute atomic E-state index is 0.0171. The molecule has 0 spiro atoms. The first-order valence-electron chi connectivity index (χ1n) is 9.57. The molecule has 0 heterocycles. The molecule has 4 unspecified atom stereocenters. The number of carbonyl (C=O) groups is 5.